The zero-order chi connectivity index (χ0) is 14.5. The summed E-state index contributed by atoms with van der Waals surface area (Å²) >= 11 is 1.67. The molecular formula is C12H15N5O2S. The Balaban J connectivity index is 2.18. The second kappa shape index (κ2) is 6.29. The molecule has 7 nitrogen and oxygen atoms in total. The number of thiophene rings is 1. The van der Waals surface area contributed by atoms with Gasteiger partial charge in [-0.05, 0) is 17.9 Å². The first-order valence-electron chi connectivity index (χ1n) is 6.04. The molecule has 0 saturated carbocycles. The number of likely N-dealkylation sites (N-methyl/N-ethyl adjacent to an activating group) is 1. The highest BCUT2D eigenvalue weighted by atomic mass is 32.1. The Kier molecular flexibility index (Phi) is 4.46. The van der Waals surface area contributed by atoms with Crippen molar-refractivity contribution in [3.8, 4) is 0 Å². The number of nitrogens with one attached hydrogen (secondary N) is 1. The third-order valence-electron chi connectivity index (χ3n) is 2.81. The van der Waals surface area contributed by atoms with E-state index in [9.17, 15) is 10.1 Å². The minimum Gasteiger partial charge on any atom is -0.357 e. The summed E-state index contributed by atoms with van der Waals surface area (Å²) < 4.78 is 0. The second-order valence-electron chi connectivity index (χ2n) is 4.16. The van der Waals surface area contributed by atoms with E-state index in [4.69, 9.17) is 0 Å². The fraction of sp³-hybridized carbons (Fsp3) is 0.333. The highest BCUT2D eigenvalue weighted by molar-refractivity contribution is 7.09. The normalized spacial score (nSPS) is 10.3. The van der Waals surface area contributed by atoms with Crippen LogP contribution in [0.15, 0.2) is 23.7 Å². The zero-order valence-electron chi connectivity index (χ0n) is 11.2. The predicted molar refractivity (Wildman–Crippen MR) is 79.5 cm³/mol. The minimum absolute atomic E-state index is 0.0855. The number of hydrogen-bond donors (Lipinski definition) is 1. The van der Waals surface area contributed by atoms with E-state index in [0.717, 1.165) is 6.42 Å². The van der Waals surface area contributed by atoms with Gasteiger partial charge in [0.1, 0.15) is 6.20 Å². The molecule has 0 bridgehead atoms. The predicted octanol–water partition coefficient (Wildman–Crippen LogP) is 2.17. The molecule has 0 aliphatic rings. The quantitative estimate of drug-likeness (QED) is 0.649. The molecule has 2 rings (SSSR count). The molecule has 2 aromatic rings. The van der Waals surface area contributed by atoms with Crippen LogP contribution in [0.2, 0.25) is 0 Å². The summed E-state index contributed by atoms with van der Waals surface area (Å²) in [6.07, 6.45) is 2.06. The average Bonchev–Trinajstić information content (AvgIpc) is 2.97. The van der Waals surface area contributed by atoms with Crippen molar-refractivity contribution < 1.29 is 4.92 Å². The van der Waals surface area contributed by atoms with Crippen LogP contribution >= 0.6 is 11.3 Å². The maximum absolute atomic E-state index is 11.0. The van der Waals surface area contributed by atoms with Crippen molar-refractivity contribution in [1.29, 1.82) is 0 Å². The lowest BCUT2D eigenvalue weighted by Gasteiger charge is -2.17. The van der Waals surface area contributed by atoms with E-state index >= 15 is 0 Å². The molecular weight excluding hydrogens is 278 g/mol. The molecule has 0 atom stereocenters. The largest absolute Gasteiger partial charge is 0.357 e. The summed E-state index contributed by atoms with van der Waals surface area (Å²) in [6, 6.07) is 4.04. The monoisotopic (exact) mass is 293 g/mol. The molecule has 8 heteroatoms. The molecule has 0 unspecified atom stereocenters. The second-order valence-corrected chi connectivity index (χ2v) is 5.19. The van der Waals surface area contributed by atoms with Crippen LogP contribution in [0, 0.1) is 10.1 Å². The SMILES string of the molecule is CNc1ncc([N+](=O)[O-])c(N(C)CCc2cccs2)n1. The molecule has 0 aliphatic carbocycles. The number of nitrogens with zero attached hydrogens (tertiary/aromatic N) is 4. The Morgan fingerprint density at radius 3 is 2.95 bits per heavy atom. The molecule has 0 amide bonds. The molecule has 0 spiro atoms. The van der Waals surface area contributed by atoms with Crippen molar-refractivity contribution in [3.05, 3.63) is 38.7 Å². The first kappa shape index (κ1) is 14.2. The molecule has 0 aromatic carbocycles. The van der Waals surface area contributed by atoms with E-state index in [1.54, 1.807) is 30.3 Å². The van der Waals surface area contributed by atoms with Crippen LogP contribution in [-0.2, 0) is 6.42 Å². The summed E-state index contributed by atoms with van der Waals surface area (Å²) in [6.45, 7) is 0.654. The Morgan fingerprint density at radius 2 is 2.35 bits per heavy atom. The molecule has 20 heavy (non-hydrogen) atoms. The van der Waals surface area contributed by atoms with E-state index in [1.165, 1.54) is 11.1 Å². The van der Waals surface area contributed by atoms with Crippen molar-refractivity contribution in [2.24, 2.45) is 0 Å². The standard InChI is InChI=1S/C12H15N5O2S/c1-13-12-14-8-10(17(18)19)11(15-12)16(2)6-5-9-4-3-7-20-9/h3-4,7-8H,5-6H2,1-2H3,(H,13,14,15). The van der Waals surface area contributed by atoms with Crippen LogP contribution in [0.1, 0.15) is 4.88 Å². The zero-order valence-corrected chi connectivity index (χ0v) is 12.1. The topological polar surface area (TPSA) is 84.2 Å². The van der Waals surface area contributed by atoms with Crippen molar-refractivity contribution in [3.63, 3.8) is 0 Å². The Morgan fingerprint density at radius 1 is 1.55 bits per heavy atom. The molecule has 0 radical (unpaired) electrons. The lowest BCUT2D eigenvalue weighted by Crippen LogP contribution is -2.23. The minimum atomic E-state index is -0.462. The molecule has 106 valence electrons. The molecule has 0 fully saturated rings. The number of anilines is 2. The summed E-state index contributed by atoms with van der Waals surface area (Å²) in [5.41, 5.74) is -0.0855. The van der Waals surface area contributed by atoms with Gasteiger partial charge >= 0.3 is 5.69 Å². The number of nitro groups is 1. The highest BCUT2D eigenvalue weighted by Crippen LogP contribution is 2.25. The van der Waals surface area contributed by atoms with Crippen LogP contribution in [-0.4, -0.2) is 35.5 Å². The lowest BCUT2D eigenvalue weighted by molar-refractivity contribution is -0.384. The molecule has 1 N–H and O–H groups in total. The summed E-state index contributed by atoms with van der Waals surface area (Å²) in [7, 11) is 3.47. The van der Waals surface area contributed by atoms with Gasteiger partial charge in [-0.1, -0.05) is 6.07 Å². The summed E-state index contributed by atoms with van der Waals surface area (Å²) in [4.78, 5) is 21.7. The van der Waals surface area contributed by atoms with Crippen LogP contribution in [0.25, 0.3) is 0 Å². The van der Waals surface area contributed by atoms with Crippen molar-refractivity contribution in [1.82, 2.24) is 9.97 Å². The molecule has 0 saturated heterocycles. The first-order valence-corrected chi connectivity index (χ1v) is 6.92. The number of aromatic nitrogens is 2. The van der Waals surface area contributed by atoms with Gasteiger partial charge in [-0.3, -0.25) is 10.1 Å². The maximum atomic E-state index is 11.0. The lowest BCUT2D eigenvalue weighted by atomic mass is 10.3. The highest BCUT2D eigenvalue weighted by Gasteiger charge is 2.20. The van der Waals surface area contributed by atoms with E-state index in [-0.39, 0.29) is 5.69 Å². The van der Waals surface area contributed by atoms with Gasteiger partial charge in [0.05, 0.1) is 4.92 Å². The Labute approximate surface area is 120 Å². The van der Waals surface area contributed by atoms with E-state index in [1.807, 2.05) is 17.5 Å². The summed E-state index contributed by atoms with van der Waals surface area (Å²) in [5, 5.41) is 15.8. The van der Waals surface area contributed by atoms with Gasteiger partial charge in [-0.15, -0.1) is 11.3 Å². The van der Waals surface area contributed by atoms with Gasteiger partial charge in [0.15, 0.2) is 0 Å². The van der Waals surface area contributed by atoms with Gasteiger partial charge in [0, 0.05) is 25.5 Å². The smallest absolute Gasteiger partial charge is 0.329 e. The van der Waals surface area contributed by atoms with E-state index < -0.39 is 4.92 Å². The molecule has 0 aliphatic heterocycles. The number of hydrogen-bond acceptors (Lipinski definition) is 7. The average molecular weight is 293 g/mol. The molecule has 2 aromatic heterocycles. The van der Waals surface area contributed by atoms with Crippen molar-refractivity contribution >= 4 is 28.8 Å². The fourth-order valence-corrected chi connectivity index (χ4v) is 2.43. The van der Waals surface area contributed by atoms with Gasteiger partial charge in [0.25, 0.3) is 0 Å². The van der Waals surface area contributed by atoms with Crippen LogP contribution in [0.3, 0.4) is 0 Å². The number of rotatable bonds is 6. The summed E-state index contributed by atoms with van der Waals surface area (Å²) in [5.74, 6) is 0.694. The van der Waals surface area contributed by atoms with Crippen LogP contribution in [0.5, 0.6) is 0 Å². The van der Waals surface area contributed by atoms with Crippen molar-refractivity contribution in [2.75, 3.05) is 30.9 Å². The first-order chi connectivity index (χ1) is 9.61. The maximum Gasteiger partial charge on any atom is 0.329 e. The molecule has 2 heterocycles. The van der Waals surface area contributed by atoms with Crippen LogP contribution in [0.4, 0.5) is 17.5 Å². The van der Waals surface area contributed by atoms with E-state index in [0.29, 0.717) is 18.3 Å². The van der Waals surface area contributed by atoms with Crippen molar-refractivity contribution in [2.45, 2.75) is 6.42 Å². The van der Waals surface area contributed by atoms with Gasteiger partial charge in [0.2, 0.25) is 11.8 Å². The van der Waals surface area contributed by atoms with E-state index in [2.05, 4.69) is 15.3 Å². The fourth-order valence-electron chi connectivity index (χ4n) is 1.74. The third-order valence-corrected chi connectivity index (χ3v) is 3.74. The van der Waals surface area contributed by atoms with Gasteiger partial charge in [-0.25, -0.2) is 4.98 Å². The Hall–Kier alpha value is -2.22. The van der Waals surface area contributed by atoms with Gasteiger partial charge in [-0.2, -0.15) is 4.98 Å². The van der Waals surface area contributed by atoms with Crippen LogP contribution < -0.4 is 10.2 Å². The van der Waals surface area contributed by atoms with Gasteiger partial charge < -0.3 is 10.2 Å². The third kappa shape index (κ3) is 3.21. The Bertz CT molecular complexity index is 588.